The number of benzene rings is 1. The first kappa shape index (κ1) is 16.4. The molecule has 2 aromatic rings. The number of carbonyl (C=O) groups excluding carboxylic acids is 1. The maximum absolute atomic E-state index is 12.3. The molecule has 3 rings (SSSR count). The van der Waals surface area contributed by atoms with E-state index in [4.69, 9.17) is 12.2 Å². The third-order valence-corrected chi connectivity index (χ3v) is 4.95. The van der Waals surface area contributed by atoms with Gasteiger partial charge in [-0.2, -0.15) is 0 Å². The summed E-state index contributed by atoms with van der Waals surface area (Å²) in [7, 11) is 0. The second kappa shape index (κ2) is 6.58. The van der Waals surface area contributed by atoms with Crippen LogP contribution in [0.1, 0.15) is 12.6 Å². The number of aromatic nitrogens is 1. The average Bonchev–Trinajstić information content (AvgIpc) is 3.12. The van der Waals surface area contributed by atoms with Gasteiger partial charge in [0.1, 0.15) is 4.32 Å². The number of rotatable bonds is 4. The first-order valence-corrected chi connectivity index (χ1v) is 8.41. The number of hydrogen-bond acceptors (Lipinski definition) is 5. The number of thioether (sulfide) groups is 1. The Kier molecular flexibility index (Phi) is 4.50. The number of thiocarbonyl (C=S) groups is 1. The van der Waals surface area contributed by atoms with Crippen LogP contribution in [0.4, 0.5) is 5.69 Å². The molecule has 1 amide bonds. The van der Waals surface area contributed by atoms with Gasteiger partial charge in [-0.15, -0.1) is 0 Å². The van der Waals surface area contributed by atoms with E-state index in [9.17, 15) is 14.9 Å². The predicted octanol–water partition coefficient (Wildman–Crippen LogP) is 3.61. The fourth-order valence-electron chi connectivity index (χ4n) is 2.41. The average molecular weight is 359 g/mol. The minimum Gasteiger partial charge on any atom is -0.317 e. The van der Waals surface area contributed by atoms with Gasteiger partial charge in [0.2, 0.25) is 0 Å². The summed E-state index contributed by atoms with van der Waals surface area (Å²) in [5.41, 5.74) is 1.43. The molecule has 122 valence electrons. The zero-order valence-electron chi connectivity index (χ0n) is 12.7. The zero-order valence-corrected chi connectivity index (χ0v) is 14.3. The first-order chi connectivity index (χ1) is 11.5. The molecule has 0 radical (unpaired) electrons. The fraction of sp³-hybridized carbons (Fsp3) is 0.125. The molecule has 1 aromatic carbocycles. The van der Waals surface area contributed by atoms with Gasteiger partial charge in [-0.05, 0) is 31.2 Å². The minimum absolute atomic E-state index is 0.0180. The lowest BCUT2D eigenvalue weighted by Gasteiger charge is -2.10. The van der Waals surface area contributed by atoms with E-state index in [1.165, 1.54) is 23.9 Å². The van der Waals surface area contributed by atoms with Crippen LogP contribution in [-0.4, -0.2) is 31.2 Å². The summed E-state index contributed by atoms with van der Waals surface area (Å²) < 4.78 is 2.34. The van der Waals surface area contributed by atoms with Crippen molar-refractivity contribution in [2.45, 2.75) is 6.92 Å². The van der Waals surface area contributed by atoms with E-state index in [2.05, 4.69) is 0 Å². The van der Waals surface area contributed by atoms with Gasteiger partial charge in [0.25, 0.3) is 11.6 Å². The Bertz CT molecular complexity index is 873. The molecule has 0 saturated carbocycles. The molecule has 6 nitrogen and oxygen atoms in total. The monoisotopic (exact) mass is 359 g/mol. The molecule has 2 heterocycles. The number of amides is 1. The highest BCUT2D eigenvalue weighted by molar-refractivity contribution is 8.26. The summed E-state index contributed by atoms with van der Waals surface area (Å²) in [5, 5.41) is 11.0. The van der Waals surface area contributed by atoms with Crippen molar-refractivity contribution in [2.24, 2.45) is 0 Å². The summed E-state index contributed by atoms with van der Waals surface area (Å²) in [6.45, 7) is 2.41. The molecule has 24 heavy (non-hydrogen) atoms. The molecule has 8 heteroatoms. The number of nitrogens with zero attached hydrogens (tertiary/aromatic N) is 3. The molecule has 0 spiro atoms. The van der Waals surface area contributed by atoms with Crippen LogP contribution >= 0.6 is 24.0 Å². The molecular weight excluding hydrogens is 346 g/mol. The standard InChI is InChI=1S/C16H13N3O3S2/c1-2-17-15(20)14(24-16(17)23)10-12-7-4-8-18(12)11-5-3-6-13(9-11)19(21)22/h3-10H,2H2,1H3/b14-10+. The number of nitro benzene ring substituents is 1. The van der Waals surface area contributed by atoms with Crippen LogP contribution in [0, 0.1) is 10.1 Å². The van der Waals surface area contributed by atoms with Crippen molar-refractivity contribution >= 4 is 46.0 Å². The SMILES string of the molecule is CCN1C(=O)/C(=C\c2cccn2-c2cccc([N+](=O)[O-])c2)SC1=S. The Morgan fingerprint density at radius 2 is 2.12 bits per heavy atom. The Morgan fingerprint density at radius 3 is 2.79 bits per heavy atom. The van der Waals surface area contributed by atoms with Crippen LogP contribution in [0.5, 0.6) is 0 Å². The summed E-state index contributed by atoms with van der Waals surface area (Å²) in [4.78, 5) is 24.9. The van der Waals surface area contributed by atoms with Crippen molar-refractivity contribution in [3.63, 3.8) is 0 Å². The first-order valence-electron chi connectivity index (χ1n) is 7.19. The van der Waals surface area contributed by atoms with Gasteiger partial charge in [0.05, 0.1) is 15.5 Å². The van der Waals surface area contributed by atoms with Crippen molar-refractivity contribution in [1.82, 2.24) is 9.47 Å². The van der Waals surface area contributed by atoms with Crippen molar-refractivity contribution < 1.29 is 9.72 Å². The molecular formula is C16H13N3O3S2. The number of likely N-dealkylation sites (N-methyl/N-ethyl adjacent to an activating group) is 1. The van der Waals surface area contributed by atoms with Gasteiger partial charge < -0.3 is 4.57 Å². The van der Waals surface area contributed by atoms with Crippen LogP contribution in [0.2, 0.25) is 0 Å². The highest BCUT2D eigenvalue weighted by atomic mass is 32.2. The third-order valence-electron chi connectivity index (χ3n) is 3.57. The Balaban J connectivity index is 1.99. The van der Waals surface area contributed by atoms with Crippen LogP contribution in [-0.2, 0) is 4.79 Å². The summed E-state index contributed by atoms with van der Waals surface area (Å²) in [5.74, 6) is -0.112. The summed E-state index contributed by atoms with van der Waals surface area (Å²) in [6, 6.07) is 10.0. The van der Waals surface area contributed by atoms with Crippen molar-refractivity contribution in [1.29, 1.82) is 0 Å². The Labute approximate surface area is 147 Å². The van der Waals surface area contributed by atoms with Crippen molar-refractivity contribution in [3.8, 4) is 5.69 Å². The summed E-state index contributed by atoms with van der Waals surface area (Å²) in [6.07, 6.45) is 3.55. The maximum Gasteiger partial charge on any atom is 0.271 e. The molecule has 0 N–H and O–H groups in total. The highest BCUT2D eigenvalue weighted by Gasteiger charge is 2.30. The van der Waals surface area contributed by atoms with Gasteiger partial charge in [0.15, 0.2) is 0 Å². The quantitative estimate of drug-likeness (QED) is 0.361. The number of carbonyl (C=O) groups is 1. The van der Waals surface area contributed by atoms with E-state index in [-0.39, 0.29) is 11.6 Å². The van der Waals surface area contributed by atoms with Crippen LogP contribution < -0.4 is 0 Å². The van der Waals surface area contributed by atoms with Crippen LogP contribution in [0.15, 0.2) is 47.5 Å². The molecule has 0 unspecified atom stereocenters. The largest absolute Gasteiger partial charge is 0.317 e. The van der Waals surface area contributed by atoms with Gasteiger partial charge in [-0.25, -0.2) is 0 Å². The predicted molar refractivity (Wildman–Crippen MR) is 98.0 cm³/mol. The van der Waals surface area contributed by atoms with Gasteiger partial charge in [0, 0.05) is 30.6 Å². The normalized spacial score (nSPS) is 16.2. The second-order valence-corrected chi connectivity index (χ2v) is 6.68. The molecule has 1 aromatic heterocycles. The van der Waals surface area contributed by atoms with Gasteiger partial charge in [-0.1, -0.05) is 30.0 Å². The van der Waals surface area contributed by atoms with Gasteiger partial charge >= 0.3 is 0 Å². The minimum atomic E-state index is -0.432. The Morgan fingerprint density at radius 1 is 1.33 bits per heavy atom. The number of non-ortho nitro benzene ring substituents is 1. The van der Waals surface area contributed by atoms with Crippen molar-refractivity contribution in [2.75, 3.05) is 6.54 Å². The number of hydrogen-bond donors (Lipinski definition) is 0. The van der Waals surface area contributed by atoms with Gasteiger partial charge in [-0.3, -0.25) is 19.8 Å². The molecule has 0 bridgehead atoms. The lowest BCUT2D eigenvalue weighted by molar-refractivity contribution is -0.384. The number of nitro groups is 1. The lowest BCUT2D eigenvalue weighted by atomic mass is 10.2. The molecule has 0 atom stereocenters. The van der Waals surface area contributed by atoms with Crippen LogP contribution in [0.25, 0.3) is 11.8 Å². The van der Waals surface area contributed by atoms with E-state index in [0.717, 1.165) is 5.69 Å². The fourth-order valence-corrected chi connectivity index (χ4v) is 3.78. The topological polar surface area (TPSA) is 68.4 Å². The molecule has 1 aliphatic rings. The molecule has 1 fully saturated rings. The van der Waals surface area contributed by atoms with Crippen molar-refractivity contribution in [3.05, 3.63) is 63.3 Å². The summed E-state index contributed by atoms with van der Waals surface area (Å²) >= 11 is 6.47. The van der Waals surface area contributed by atoms with Crippen LogP contribution in [0.3, 0.4) is 0 Å². The van der Waals surface area contributed by atoms with E-state index in [1.54, 1.807) is 33.9 Å². The second-order valence-electron chi connectivity index (χ2n) is 5.01. The Hall–Kier alpha value is -2.45. The smallest absolute Gasteiger partial charge is 0.271 e. The molecule has 0 aliphatic carbocycles. The lowest BCUT2D eigenvalue weighted by Crippen LogP contribution is -2.27. The molecule has 1 aliphatic heterocycles. The zero-order chi connectivity index (χ0) is 17.3. The third kappa shape index (κ3) is 2.98. The van der Waals surface area contributed by atoms with E-state index >= 15 is 0 Å². The maximum atomic E-state index is 12.3. The molecule has 1 saturated heterocycles. The highest BCUT2D eigenvalue weighted by Crippen LogP contribution is 2.32. The van der Waals surface area contributed by atoms with E-state index < -0.39 is 4.92 Å². The van der Waals surface area contributed by atoms with E-state index in [0.29, 0.717) is 21.5 Å². The van der Waals surface area contributed by atoms with E-state index in [1.807, 2.05) is 19.1 Å².